The van der Waals surface area contributed by atoms with Crippen LogP contribution >= 0.6 is 11.6 Å². The SMILES string of the molecule is CC(C)(C)c1ncc2nnn(Cc3cccnc3Cl)c2n1. The van der Waals surface area contributed by atoms with Crippen molar-refractivity contribution in [2.75, 3.05) is 0 Å². The fraction of sp³-hybridized carbons (Fsp3) is 0.357. The Morgan fingerprint density at radius 2 is 2.05 bits per heavy atom. The lowest BCUT2D eigenvalue weighted by Gasteiger charge is -2.15. The molecule has 7 heteroatoms. The molecular weight excluding hydrogens is 288 g/mol. The van der Waals surface area contributed by atoms with E-state index in [2.05, 4.69) is 46.0 Å². The number of fused-ring (bicyclic) bond motifs is 1. The molecule has 3 aromatic rings. The summed E-state index contributed by atoms with van der Waals surface area (Å²) in [7, 11) is 0. The predicted octanol–water partition coefficient (Wildman–Crippen LogP) is 2.62. The van der Waals surface area contributed by atoms with Crippen LogP contribution in [0.15, 0.2) is 24.5 Å². The number of hydrogen-bond donors (Lipinski definition) is 0. The van der Waals surface area contributed by atoms with E-state index in [-0.39, 0.29) is 5.41 Å². The first-order chi connectivity index (χ1) is 9.95. The number of rotatable bonds is 2. The van der Waals surface area contributed by atoms with E-state index in [1.807, 2.05) is 12.1 Å². The second-order valence-corrected chi connectivity index (χ2v) is 6.21. The molecule has 0 radical (unpaired) electrons. The normalized spacial score (nSPS) is 12.0. The number of aromatic nitrogens is 6. The Hall–Kier alpha value is -2.08. The van der Waals surface area contributed by atoms with Gasteiger partial charge in [-0.2, -0.15) is 0 Å². The lowest BCUT2D eigenvalue weighted by atomic mass is 9.96. The Balaban J connectivity index is 2.05. The standard InChI is InChI=1S/C14H15ClN6/c1-14(2,3)13-17-7-10-12(18-13)21(20-19-10)8-9-5-4-6-16-11(9)15/h4-7H,8H2,1-3H3. The highest BCUT2D eigenvalue weighted by Gasteiger charge is 2.19. The molecule has 0 saturated heterocycles. The first kappa shape index (κ1) is 13.9. The van der Waals surface area contributed by atoms with Gasteiger partial charge < -0.3 is 0 Å². The second kappa shape index (κ2) is 5.04. The summed E-state index contributed by atoms with van der Waals surface area (Å²) in [5.41, 5.74) is 2.12. The van der Waals surface area contributed by atoms with Gasteiger partial charge in [0.1, 0.15) is 11.0 Å². The van der Waals surface area contributed by atoms with Crippen LogP contribution in [0.5, 0.6) is 0 Å². The van der Waals surface area contributed by atoms with Crippen LogP contribution in [0, 0.1) is 0 Å². The van der Waals surface area contributed by atoms with Gasteiger partial charge in [-0.05, 0) is 6.07 Å². The summed E-state index contributed by atoms with van der Waals surface area (Å²) in [5.74, 6) is 0.760. The second-order valence-electron chi connectivity index (χ2n) is 5.85. The quantitative estimate of drug-likeness (QED) is 0.681. The molecule has 0 bridgehead atoms. The summed E-state index contributed by atoms with van der Waals surface area (Å²) >= 11 is 6.09. The average Bonchev–Trinajstić information content (AvgIpc) is 2.83. The molecule has 0 unspecified atom stereocenters. The van der Waals surface area contributed by atoms with Crippen LogP contribution in [-0.2, 0) is 12.0 Å². The van der Waals surface area contributed by atoms with Gasteiger partial charge in [0.15, 0.2) is 11.2 Å². The summed E-state index contributed by atoms with van der Waals surface area (Å²) in [6, 6.07) is 3.75. The number of pyridine rings is 1. The fourth-order valence-electron chi connectivity index (χ4n) is 1.94. The molecule has 0 aromatic carbocycles. The highest BCUT2D eigenvalue weighted by molar-refractivity contribution is 6.30. The number of halogens is 1. The van der Waals surface area contributed by atoms with Crippen LogP contribution in [0.25, 0.3) is 11.2 Å². The zero-order valence-corrected chi connectivity index (χ0v) is 12.8. The van der Waals surface area contributed by atoms with Gasteiger partial charge in [-0.25, -0.2) is 19.6 Å². The number of hydrogen-bond acceptors (Lipinski definition) is 5. The minimum absolute atomic E-state index is 0.130. The van der Waals surface area contributed by atoms with Crippen molar-refractivity contribution in [3.63, 3.8) is 0 Å². The molecule has 0 atom stereocenters. The first-order valence-corrected chi connectivity index (χ1v) is 6.99. The summed E-state index contributed by atoms with van der Waals surface area (Å²) in [6.07, 6.45) is 3.36. The zero-order valence-electron chi connectivity index (χ0n) is 12.1. The van der Waals surface area contributed by atoms with Crippen LogP contribution in [-0.4, -0.2) is 29.9 Å². The zero-order chi connectivity index (χ0) is 15.0. The minimum Gasteiger partial charge on any atom is -0.244 e. The van der Waals surface area contributed by atoms with Crippen LogP contribution in [0.3, 0.4) is 0 Å². The maximum atomic E-state index is 6.09. The van der Waals surface area contributed by atoms with Crippen LogP contribution in [0.2, 0.25) is 5.15 Å². The van der Waals surface area contributed by atoms with Crippen LogP contribution < -0.4 is 0 Å². The lowest BCUT2D eigenvalue weighted by Crippen LogP contribution is -2.16. The molecule has 0 amide bonds. The van der Waals surface area contributed by atoms with Crippen LogP contribution in [0.4, 0.5) is 0 Å². The van der Waals surface area contributed by atoms with Gasteiger partial charge in [0.2, 0.25) is 0 Å². The molecule has 0 spiro atoms. The minimum atomic E-state index is -0.130. The van der Waals surface area contributed by atoms with Crippen molar-refractivity contribution in [1.82, 2.24) is 29.9 Å². The first-order valence-electron chi connectivity index (χ1n) is 6.61. The Bertz CT molecular complexity index is 790. The van der Waals surface area contributed by atoms with Crippen molar-refractivity contribution in [3.05, 3.63) is 41.1 Å². The maximum Gasteiger partial charge on any atom is 0.182 e. The van der Waals surface area contributed by atoms with Gasteiger partial charge in [-0.15, -0.1) is 5.10 Å². The molecule has 108 valence electrons. The van der Waals surface area contributed by atoms with E-state index in [4.69, 9.17) is 11.6 Å². The molecule has 0 saturated carbocycles. The van der Waals surface area contributed by atoms with Crippen molar-refractivity contribution in [2.45, 2.75) is 32.7 Å². The van der Waals surface area contributed by atoms with Gasteiger partial charge in [0.25, 0.3) is 0 Å². The van der Waals surface area contributed by atoms with E-state index < -0.39 is 0 Å². The van der Waals surface area contributed by atoms with E-state index in [9.17, 15) is 0 Å². The lowest BCUT2D eigenvalue weighted by molar-refractivity contribution is 0.545. The largest absolute Gasteiger partial charge is 0.244 e. The molecule has 6 nitrogen and oxygen atoms in total. The van der Waals surface area contributed by atoms with Crippen molar-refractivity contribution in [1.29, 1.82) is 0 Å². The molecule has 0 aliphatic rings. The van der Waals surface area contributed by atoms with E-state index in [0.29, 0.717) is 22.9 Å². The van der Waals surface area contributed by atoms with Gasteiger partial charge in [-0.3, -0.25) is 0 Å². The third kappa shape index (κ3) is 2.71. The summed E-state index contributed by atoms with van der Waals surface area (Å²) in [5, 5.41) is 8.69. The van der Waals surface area contributed by atoms with Gasteiger partial charge in [0, 0.05) is 17.2 Å². The Kier molecular flexibility index (Phi) is 3.33. The third-order valence-electron chi connectivity index (χ3n) is 3.08. The molecule has 0 N–H and O–H groups in total. The molecule has 0 fully saturated rings. The fourth-order valence-corrected chi connectivity index (χ4v) is 2.12. The summed E-state index contributed by atoms with van der Waals surface area (Å²) in [4.78, 5) is 13.0. The Morgan fingerprint density at radius 1 is 1.24 bits per heavy atom. The summed E-state index contributed by atoms with van der Waals surface area (Å²) < 4.78 is 1.72. The van der Waals surface area contributed by atoms with E-state index in [0.717, 1.165) is 11.4 Å². The van der Waals surface area contributed by atoms with Gasteiger partial charge in [0.05, 0.1) is 12.7 Å². The molecule has 3 rings (SSSR count). The molecule has 0 aliphatic heterocycles. The van der Waals surface area contributed by atoms with Crippen molar-refractivity contribution >= 4 is 22.8 Å². The molecular formula is C14H15ClN6. The van der Waals surface area contributed by atoms with Crippen molar-refractivity contribution in [2.24, 2.45) is 0 Å². The monoisotopic (exact) mass is 302 g/mol. The molecule has 3 aromatic heterocycles. The van der Waals surface area contributed by atoms with Crippen molar-refractivity contribution in [3.8, 4) is 0 Å². The van der Waals surface area contributed by atoms with Crippen LogP contribution in [0.1, 0.15) is 32.2 Å². The van der Waals surface area contributed by atoms with Crippen molar-refractivity contribution < 1.29 is 0 Å². The highest BCUT2D eigenvalue weighted by Crippen LogP contribution is 2.20. The number of nitrogens with zero attached hydrogens (tertiary/aromatic N) is 6. The Labute approximate surface area is 127 Å². The Morgan fingerprint density at radius 3 is 2.76 bits per heavy atom. The predicted molar refractivity (Wildman–Crippen MR) is 80.2 cm³/mol. The molecule has 0 aliphatic carbocycles. The third-order valence-corrected chi connectivity index (χ3v) is 3.42. The average molecular weight is 303 g/mol. The molecule has 3 heterocycles. The maximum absolute atomic E-state index is 6.09. The van der Waals surface area contributed by atoms with Gasteiger partial charge in [-0.1, -0.05) is 43.7 Å². The molecule has 21 heavy (non-hydrogen) atoms. The van der Waals surface area contributed by atoms with Gasteiger partial charge >= 0.3 is 0 Å². The van der Waals surface area contributed by atoms with E-state index >= 15 is 0 Å². The van der Waals surface area contributed by atoms with E-state index in [1.54, 1.807) is 17.1 Å². The smallest absolute Gasteiger partial charge is 0.182 e. The highest BCUT2D eigenvalue weighted by atomic mass is 35.5. The summed E-state index contributed by atoms with van der Waals surface area (Å²) in [6.45, 7) is 6.69. The topological polar surface area (TPSA) is 69.4 Å². The van der Waals surface area contributed by atoms with E-state index in [1.165, 1.54) is 0 Å².